The number of carbonyl (C=O) groups is 2. The fraction of sp³-hybridized carbons (Fsp3) is 0.391. The number of benzene rings is 2. The Balaban J connectivity index is 1.95. The van der Waals surface area contributed by atoms with Crippen LogP contribution in [0.3, 0.4) is 0 Å². The van der Waals surface area contributed by atoms with Gasteiger partial charge in [-0.2, -0.15) is 0 Å². The van der Waals surface area contributed by atoms with Gasteiger partial charge in [0, 0.05) is 26.2 Å². The normalized spacial score (nSPS) is 17.1. The second-order valence-electron chi connectivity index (χ2n) is 7.11. The van der Waals surface area contributed by atoms with Gasteiger partial charge in [0.2, 0.25) is 5.91 Å². The number of carboxylic acid groups (broad SMARTS) is 1. The van der Waals surface area contributed by atoms with E-state index < -0.39 is 5.97 Å². The first-order valence-corrected chi connectivity index (χ1v) is 10.1. The molecule has 154 valence electrons. The number of aromatic carboxylic acids is 1. The maximum atomic E-state index is 13.0. The van der Waals surface area contributed by atoms with Crippen LogP contribution >= 0.6 is 0 Å². The molecule has 1 N–H and O–H groups in total. The van der Waals surface area contributed by atoms with Crippen LogP contribution in [-0.2, 0) is 16.1 Å². The Labute approximate surface area is 171 Å². The van der Waals surface area contributed by atoms with E-state index in [2.05, 4.69) is 4.90 Å². The van der Waals surface area contributed by atoms with Crippen molar-refractivity contribution in [1.29, 1.82) is 0 Å². The third-order valence-corrected chi connectivity index (χ3v) is 5.41. The van der Waals surface area contributed by atoms with Crippen molar-refractivity contribution in [3.63, 3.8) is 0 Å². The van der Waals surface area contributed by atoms with Gasteiger partial charge in [0.05, 0.1) is 18.8 Å². The molecule has 0 aromatic heterocycles. The molecule has 0 bridgehead atoms. The van der Waals surface area contributed by atoms with Crippen molar-refractivity contribution in [2.24, 2.45) is 0 Å². The quantitative estimate of drug-likeness (QED) is 0.779. The fourth-order valence-corrected chi connectivity index (χ4v) is 3.78. The highest BCUT2D eigenvalue weighted by Gasteiger charge is 2.32. The van der Waals surface area contributed by atoms with Gasteiger partial charge in [0.1, 0.15) is 6.04 Å². The summed E-state index contributed by atoms with van der Waals surface area (Å²) in [7, 11) is 0. The number of morpholine rings is 1. The minimum atomic E-state index is -0.955. The molecular weight excluding hydrogens is 368 g/mol. The molecule has 1 aliphatic heterocycles. The lowest BCUT2D eigenvalue weighted by atomic mass is 9.96. The molecule has 0 aliphatic carbocycles. The molecule has 1 fully saturated rings. The van der Waals surface area contributed by atoms with Crippen LogP contribution < -0.4 is 0 Å². The molecule has 1 amide bonds. The van der Waals surface area contributed by atoms with E-state index in [1.165, 1.54) is 0 Å². The fourth-order valence-electron chi connectivity index (χ4n) is 3.78. The van der Waals surface area contributed by atoms with E-state index in [-0.39, 0.29) is 17.5 Å². The number of amides is 1. The van der Waals surface area contributed by atoms with Gasteiger partial charge in [-0.25, -0.2) is 4.79 Å². The van der Waals surface area contributed by atoms with E-state index in [0.29, 0.717) is 39.4 Å². The monoisotopic (exact) mass is 396 g/mol. The van der Waals surface area contributed by atoms with Gasteiger partial charge in [0.25, 0.3) is 0 Å². The molecule has 3 rings (SSSR count). The molecule has 2 aromatic carbocycles. The number of carbonyl (C=O) groups excluding carboxylic acids is 1. The summed E-state index contributed by atoms with van der Waals surface area (Å²) in [5.41, 5.74) is 3.16. The first kappa shape index (κ1) is 21.0. The Morgan fingerprint density at radius 3 is 2.52 bits per heavy atom. The average molecular weight is 396 g/mol. The smallest absolute Gasteiger partial charge is 0.335 e. The number of hydrogen-bond acceptors (Lipinski definition) is 4. The first-order chi connectivity index (χ1) is 14.0. The van der Waals surface area contributed by atoms with E-state index in [9.17, 15) is 14.7 Å². The second kappa shape index (κ2) is 9.67. The summed E-state index contributed by atoms with van der Waals surface area (Å²) in [6.45, 7) is 7.29. The summed E-state index contributed by atoms with van der Waals surface area (Å²) < 4.78 is 5.60. The summed E-state index contributed by atoms with van der Waals surface area (Å²) in [6, 6.07) is 14.8. The third-order valence-electron chi connectivity index (χ3n) is 5.41. The SMILES string of the molecule is CCN(CC)C(=O)C1COCCN1Cc1cc(C(=O)O)ccc1-c1ccccc1. The van der Waals surface area contributed by atoms with Crippen molar-refractivity contribution in [3.8, 4) is 11.1 Å². The van der Waals surface area contributed by atoms with Crippen LogP contribution in [-0.4, -0.2) is 65.7 Å². The molecule has 0 radical (unpaired) electrons. The zero-order chi connectivity index (χ0) is 20.8. The molecule has 2 aromatic rings. The Hall–Kier alpha value is -2.70. The number of nitrogens with zero attached hydrogens (tertiary/aromatic N) is 2. The van der Waals surface area contributed by atoms with Crippen LogP contribution in [0.5, 0.6) is 0 Å². The maximum absolute atomic E-state index is 13.0. The van der Waals surface area contributed by atoms with E-state index in [1.54, 1.807) is 12.1 Å². The third kappa shape index (κ3) is 4.83. The molecule has 29 heavy (non-hydrogen) atoms. The molecule has 1 saturated heterocycles. The van der Waals surface area contributed by atoms with E-state index >= 15 is 0 Å². The first-order valence-electron chi connectivity index (χ1n) is 10.1. The number of hydrogen-bond donors (Lipinski definition) is 1. The summed E-state index contributed by atoms with van der Waals surface area (Å²) in [4.78, 5) is 28.5. The minimum Gasteiger partial charge on any atom is -0.478 e. The van der Waals surface area contributed by atoms with Crippen molar-refractivity contribution in [2.45, 2.75) is 26.4 Å². The highest BCUT2D eigenvalue weighted by molar-refractivity contribution is 5.89. The van der Waals surface area contributed by atoms with Gasteiger partial charge in [-0.1, -0.05) is 36.4 Å². The number of carboxylic acids is 1. The van der Waals surface area contributed by atoms with E-state index in [0.717, 1.165) is 16.7 Å². The molecule has 1 heterocycles. The topological polar surface area (TPSA) is 70.1 Å². The van der Waals surface area contributed by atoms with E-state index in [4.69, 9.17) is 4.74 Å². The Morgan fingerprint density at radius 2 is 1.86 bits per heavy atom. The zero-order valence-corrected chi connectivity index (χ0v) is 17.0. The zero-order valence-electron chi connectivity index (χ0n) is 17.0. The molecule has 6 nitrogen and oxygen atoms in total. The Morgan fingerprint density at radius 1 is 1.14 bits per heavy atom. The van der Waals surface area contributed by atoms with Crippen LogP contribution in [0.15, 0.2) is 48.5 Å². The number of ether oxygens (including phenoxy) is 1. The average Bonchev–Trinajstić information content (AvgIpc) is 2.75. The number of likely N-dealkylation sites (N-methyl/N-ethyl adjacent to an activating group) is 1. The minimum absolute atomic E-state index is 0.0605. The Kier molecular flexibility index (Phi) is 7.01. The lowest BCUT2D eigenvalue weighted by Gasteiger charge is -2.37. The van der Waals surface area contributed by atoms with Gasteiger partial charge in [0.15, 0.2) is 0 Å². The molecule has 1 atom stereocenters. The van der Waals surface area contributed by atoms with Gasteiger partial charge < -0.3 is 14.7 Å². The number of rotatable bonds is 7. The molecular formula is C23H28N2O4. The molecule has 0 saturated carbocycles. The van der Waals surface area contributed by atoms with Gasteiger partial charge in [-0.05, 0) is 42.7 Å². The molecule has 0 spiro atoms. The second-order valence-corrected chi connectivity index (χ2v) is 7.11. The van der Waals surface area contributed by atoms with Crippen LogP contribution in [0, 0.1) is 0 Å². The van der Waals surface area contributed by atoms with Crippen LogP contribution in [0.25, 0.3) is 11.1 Å². The van der Waals surface area contributed by atoms with Gasteiger partial charge >= 0.3 is 5.97 Å². The van der Waals surface area contributed by atoms with E-state index in [1.807, 2.05) is 55.1 Å². The largest absolute Gasteiger partial charge is 0.478 e. The standard InChI is InChI=1S/C23H28N2O4/c1-3-24(4-2)22(26)21-16-29-13-12-25(21)15-19-14-18(23(27)28)10-11-20(19)17-8-6-5-7-9-17/h5-11,14,21H,3-4,12-13,15-16H2,1-2H3,(H,27,28). The predicted molar refractivity (Wildman–Crippen MR) is 112 cm³/mol. The molecule has 6 heteroatoms. The van der Waals surface area contributed by atoms with Crippen molar-refractivity contribution in [1.82, 2.24) is 9.80 Å². The maximum Gasteiger partial charge on any atom is 0.335 e. The van der Waals surface area contributed by atoms with Crippen LogP contribution in [0.1, 0.15) is 29.8 Å². The highest BCUT2D eigenvalue weighted by Crippen LogP contribution is 2.27. The van der Waals surface area contributed by atoms with Crippen molar-refractivity contribution < 1.29 is 19.4 Å². The van der Waals surface area contributed by atoms with Crippen LogP contribution in [0.2, 0.25) is 0 Å². The van der Waals surface area contributed by atoms with Gasteiger partial charge in [-0.3, -0.25) is 9.69 Å². The molecule has 1 unspecified atom stereocenters. The summed E-state index contributed by atoms with van der Waals surface area (Å²) in [6.07, 6.45) is 0. The van der Waals surface area contributed by atoms with Crippen molar-refractivity contribution >= 4 is 11.9 Å². The lowest BCUT2D eigenvalue weighted by Crippen LogP contribution is -2.54. The summed E-state index contributed by atoms with van der Waals surface area (Å²) >= 11 is 0. The predicted octanol–water partition coefficient (Wildman–Crippen LogP) is 3.12. The lowest BCUT2D eigenvalue weighted by molar-refractivity contribution is -0.143. The summed E-state index contributed by atoms with van der Waals surface area (Å²) in [5, 5.41) is 9.46. The summed E-state index contributed by atoms with van der Waals surface area (Å²) in [5.74, 6) is -0.894. The Bertz CT molecular complexity index is 849. The van der Waals surface area contributed by atoms with Crippen molar-refractivity contribution in [2.75, 3.05) is 32.8 Å². The van der Waals surface area contributed by atoms with Gasteiger partial charge in [-0.15, -0.1) is 0 Å². The van der Waals surface area contributed by atoms with Crippen molar-refractivity contribution in [3.05, 3.63) is 59.7 Å². The van der Waals surface area contributed by atoms with Crippen LogP contribution in [0.4, 0.5) is 0 Å². The highest BCUT2D eigenvalue weighted by atomic mass is 16.5. The molecule has 1 aliphatic rings.